The summed E-state index contributed by atoms with van der Waals surface area (Å²) in [5.74, 6) is -2.54. The van der Waals surface area contributed by atoms with Gasteiger partial charge in [0, 0.05) is 38.5 Å². The zero-order valence-corrected chi connectivity index (χ0v) is 12.9. The molecule has 0 aromatic carbocycles. The second-order valence-corrected chi connectivity index (χ2v) is 4.05. The third kappa shape index (κ3) is 10.8. The molecule has 0 unspecified atom stereocenters. The molecule has 0 saturated carbocycles. The number of esters is 1. The molecule has 0 fully saturated rings. The molecule has 0 saturated heterocycles. The van der Waals surface area contributed by atoms with Gasteiger partial charge in [-0.1, -0.05) is 0 Å². The van der Waals surface area contributed by atoms with Crippen molar-refractivity contribution in [3.63, 3.8) is 0 Å². The summed E-state index contributed by atoms with van der Waals surface area (Å²) in [7, 11) is 0. The van der Waals surface area contributed by atoms with E-state index in [0.29, 0.717) is 45.6 Å². The van der Waals surface area contributed by atoms with Gasteiger partial charge in [-0.15, -0.1) is 0 Å². The Bertz CT molecular complexity index is 371. The lowest BCUT2D eigenvalue weighted by atomic mass is 10.4. The fourth-order valence-corrected chi connectivity index (χ4v) is 1.41. The summed E-state index contributed by atoms with van der Waals surface area (Å²) in [5, 5.41) is 8.37. The van der Waals surface area contributed by atoms with Crippen LogP contribution in [-0.4, -0.2) is 74.0 Å². The predicted octanol–water partition coefficient (Wildman–Crippen LogP) is 0.0720. The summed E-state index contributed by atoms with van der Waals surface area (Å²) in [6, 6.07) is 0. The van der Waals surface area contributed by atoms with Crippen LogP contribution in [0.15, 0.2) is 12.2 Å². The standard InChI is InChI=1S/C14H23NO7/c1-3-20-9-7-15(8-10-21-4-2)12(16)11-22-14(19)6-5-13(17)18/h5-6H,3-4,7-11H2,1-2H3,(H,17,18). The fraction of sp³-hybridized carbons (Fsp3) is 0.643. The van der Waals surface area contributed by atoms with Gasteiger partial charge in [0.15, 0.2) is 6.61 Å². The average molecular weight is 317 g/mol. The summed E-state index contributed by atoms with van der Waals surface area (Å²) in [6.45, 7) is 5.81. The minimum Gasteiger partial charge on any atom is -0.478 e. The van der Waals surface area contributed by atoms with E-state index < -0.39 is 24.5 Å². The molecule has 22 heavy (non-hydrogen) atoms. The largest absolute Gasteiger partial charge is 0.478 e. The predicted molar refractivity (Wildman–Crippen MR) is 77.3 cm³/mol. The van der Waals surface area contributed by atoms with Gasteiger partial charge < -0.3 is 24.2 Å². The number of amides is 1. The monoisotopic (exact) mass is 317 g/mol. The first-order chi connectivity index (χ1) is 10.5. The summed E-state index contributed by atoms with van der Waals surface area (Å²) in [5.41, 5.74) is 0. The molecule has 0 aromatic heterocycles. The lowest BCUT2D eigenvalue weighted by molar-refractivity contribution is -0.149. The Labute approximate surface area is 129 Å². The van der Waals surface area contributed by atoms with Crippen LogP contribution in [-0.2, 0) is 28.6 Å². The number of ether oxygens (including phenoxy) is 3. The maximum absolute atomic E-state index is 12.0. The Hall–Kier alpha value is -1.93. The van der Waals surface area contributed by atoms with Crippen LogP contribution in [0.3, 0.4) is 0 Å². The Kier molecular flexibility index (Phi) is 11.7. The number of carboxylic acids is 1. The van der Waals surface area contributed by atoms with Crippen molar-refractivity contribution in [3.8, 4) is 0 Å². The van der Waals surface area contributed by atoms with Gasteiger partial charge in [-0.3, -0.25) is 4.79 Å². The van der Waals surface area contributed by atoms with Gasteiger partial charge in [0.05, 0.1) is 13.2 Å². The van der Waals surface area contributed by atoms with Crippen molar-refractivity contribution < 1.29 is 33.7 Å². The summed E-state index contributed by atoms with van der Waals surface area (Å²) in [6.07, 6.45) is 1.40. The molecule has 8 heteroatoms. The van der Waals surface area contributed by atoms with E-state index in [9.17, 15) is 14.4 Å². The molecular weight excluding hydrogens is 294 g/mol. The smallest absolute Gasteiger partial charge is 0.331 e. The SMILES string of the molecule is CCOCCN(CCOCC)C(=O)COC(=O)C=CC(=O)O. The maximum atomic E-state index is 12.0. The summed E-state index contributed by atoms with van der Waals surface area (Å²) >= 11 is 0. The molecule has 1 N–H and O–H groups in total. The first-order valence-corrected chi connectivity index (χ1v) is 7.02. The third-order valence-corrected chi connectivity index (χ3v) is 2.47. The van der Waals surface area contributed by atoms with Crippen LogP contribution in [0.25, 0.3) is 0 Å². The molecule has 8 nitrogen and oxygen atoms in total. The van der Waals surface area contributed by atoms with Crippen molar-refractivity contribution in [2.45, 2.75) is 13.8 Å². The molecule has 0 atom stereocenters. The highest BCUT2D eigenvalue weighted by Gasteiger charge is 2.15. The van der Waals surface area contributed by atoms with Gasteiger partial charge in [0.1, 0.15) is 0 Å². The number of nitrogens with zero attached hydrogens (tertiary/aromatic N) is 1. The minimum atomic E-state index is -1.27. The average Bonchev–Trinajstić information content (AvgIpc) is 2.49. The van der Waals surface area contributed by atoms with Gasteiger partial charge in [-0.05, 0) is 13.8 Å². The van der Waals surface area contributed by atoms with Crippen molar-refractivity contribution in [1.29, 1.82) is 0 Å². The highest BCUT2D eigenvalue weighted by Crippen LogP contribution is 1.94. The Morgan fingerprint density at radius 2 is 1.55 bits per heavy atom. The molecule has 0 aliphatic heterocycles. The van der Waals surface area contributed by atoms with Gasteiger partial charge in [0.2, 0.25) is 0 Å². The lowest BCUT2D eigenvalue weighted by Crippen LogP contribution is -2.39. The van der Waals surface area contributed by atoms with E-state index in [1.54, 1.807) is 0 Å². The Morgan fingerprint density at radius 1 is 1.00 bits per heavy atom. The van der Waals surface area contributed by atoms with E-state index in [1.165, 1.54) is 4.90 Å². The van der Waals surface area contributed by atoms with Crippen molar-refractivity contribution in [3.05, 3.63) is 12.2 Å². The molecule has 0 aliphatic carbocycles. The number of carbonyl (C=O) groups is 3. The number of hydrogen-bond acceptors (Lipinski definition) is 6. The molecule has 0 aromatic rings. The van der Waals surface area contributed by atoms with E-state index >= 15 is 0 Å². The highest BCUT2D eigenvalue weighted by atomic mass is 16.5. The molecule has 0 heterocycles. The van der Waals surface area contributed by atoms with E-state index in [-0.39, 0.29) is 0 Å². The number of rotatable bonds is 12. The highest BCUT2D eigenvalue weighted by molar-refractivity contribution is 5.91. The molecule has 126 valence electrons. The minimum absolute atomic E-state index is 0.363. The van der Waals surface area contributed by atoms with Crippen LogP contribution in [0, 0.1) is 0 Å². The van der Waals surface area contributed by atoms with Gasteiger partial charge in [0.25, 0.3) is 5.91 Å². The van der Waals surface area contributed by atoms with E-state index in [2.05, 4.69) is 4.74 Å². The van der Waals surface area contributed by atoms with Crippen LogP contribution in [0.1, 0.15) is 13.8 Å². The van der Waals surface area contributed by atoms with Crippen molar-refractivity contribution >= 4 is 17.8 Å². The third-order valence-electron chi connectivity index (χ3n) is 2.47. The maximum Gasteiger partial charge on any atom is 0.331 e. The first-order valence-electron chi connectivity index (χ1n) is 7.02. The molecule has 0 radical (unpaired) electrons. The topological polar surface area (TPSA) is 102 Å². The van der Waals surface area contributed by atoms with Crippen LogP contribution in [0.4, 0.5) is 0 Å². The van der Waals surface area contributed by atoms with Crippen molar-refractivity contribution in [2.75, 3.05) is 46.1 Å². The molecule has 0 rings (SSSR count). The zero-order chi connectivity index (χ0) is 16.8. The molecule has 0 spiro atoms. The quantitative estimate of drug-likeness (QED) is 0.309. The van der Waals surface area contributed by atoms with Crippen molar-refractivity contribution in [1.82, 2.24) is 4.90 Å². The van der Waals surface area contributed by atoms with Gasteiger partial charge in [-0.2, -0.15) is 0 Å². The van der Waals surface area contributed by atoms with Crippen molar-refractivity contribution in [2.24, 2.45) is 0 Å². The molecular formula is C14H23NO7. The van der Waals surface area contributed by atoms with Crippen LogP contribution in [0.5, 0.6) is 0 Å². The second-order valence-electron chi connectivity index (χ2n) is 4.05. The van der Waals surface area contributed by atoms with Gasteiger partial charge in [-0.25, -0.2) is 9.59 Å². The van der Waals surface area contributed by atoms with E-state index in [0.717, 1.165) is 6.08 Å². The lowest BCUT2D eigenvalue weighted by Gasteiger charge is -2.22. The van der Waals surface area contributed by atoms with E-state index in [4.69, 9.17) is 14.6 Å². The number of aliphatic carboxylic acids is 1. The molecule has 0 aliphatic rings. The first kappa shape index (κ1) is 20.1. The normalized spacial score (nSPS) is 10.6. The Balaban J connectivity index is 4.28. The zero-order valence-electron chi connectivity index (χ0n) is 12.9. The summed E-state index contributed by atoms with van der Waals surface area (Å²) in [4.78, 5) is 34.9. The van der Waals surface area contributed by atoms with Crippen LogP contribution in [0.2, 0.25) is 0 Å². The van der Waals surface area contributed by atoms with Gasteiger partial charge >= 0.3 is 11.9 Å². The van der Waals surface area contributed by atoms with Crippen LogP contribution < -0.4 is 0 Å². The number of carbonyl (C=O) groups excluding carboxylic acids is 2. The second kappa shape index (κ2) is 12.8. The van der Waals surface area contributed by atoms with E-state index in [1.807, 2.05) is 13.8 Å². The number of hydrogen-bond donors (Lipinski definition) is 1. The fourth-order valence-electron chi connectivity index (χ4n) is 1.41. The summed E-state index contributed by atoms with van der Waals surface area (Å²) < 4.78 is 15.1. The molecule has 0 bridgehead atoms. The number of carboxylic acid groups (broad SMARTS) is 1. The van der Waals surface area contributed by atoms with Crippen LogP contribution >= 0.6 is 0 Å². The molecule has 1 amide bonds. The Morgan fingerprint density at radius 3 is 2.00 bits per heavy atom.